The molecule has 6 nitrogen and oxygen atoms in total. The molecule has 0 bridgehead atoms. The highest BCUT2D eigenvalue weighted by atomic mass is 16.3. The maximum absolute atomic E-state index is 12.6. The second-order valence-corrected chi connectivity index (χ2v) is 6.70. The minimum atomic E-state index is -0.457. The van der Waals surface area contributed by atoms with Crippen molar-refractivity contribution in [3.8, 4) is 0 Å². The smallest absolute Gasteiger partial charge is 0.237 e. The van der Waals surface area contributed by atoms with Gasteiger partial charge in [-0.2, -0.15) is 0 Å². The lowest BCUT2D eigenvalue weighted by atomic mass is 10.1. The van der Waals surface area contributed by atoms with Crippen LogP contribution in [0.3, 0.4) is 0 Å². The van der Waals surface area contributed by atoms with Gasteiger partial charge in [0.05, 0.1) is 25.0 Å². The van der Waals surface area contributed by atoms with E-state index in [0.717, 1.165) is 11.1 Å². The van der Waals surface area contributed by atoms with Crippen LogP contribution in [0.15, 0.2) is 59.4 Å². The van der Waals surface area contributed by atoms with Crippen molar-refractivity contribution in [3.05, 3.63) is 66.1 Å². The van der Waals surface area contributed by atoms with Crippen LogP contribution in [0.2, 0.25) is 0 Å². The van der Waals surface area contributed by atoms with Gasteiger partial charge in [-0.15, -0.1) is 0 Å². The standard InChI is InChI=1S/C21H25N3O3/c1-23(11-5-8-17-6-3-2-4-7-17)20(25)14-19-21(26)22-10-12-24(19)15-18-9-13-27-16-18/h2-9,13,16,19H,10-12,14-15H2,1H3,(H,22,26)/b8-5+/t19-/m0/s1. The lowest BCUT2D eigenvalue weighted by molar-refractivity contribution is -0.138. The average molecular weight is 367 g/mol. The molecule has 2 heterocycles. The average Bonchev–Trinajstić information content (AvgIpc) is 3.18. The van der Waals surface area contributed by atoms with E-state index in [-0.39, 0.29) is 18.2 Å². The highest BCUT2D eigenvalue weighted by molar-refractivity contribution is 5.88. The van der Waals surface area contributed by atoms with Crippen molar-refractivity contribution in [2.45, 2.75) is 19.0 Å². The van der Waals surface area contributed by atoms with Crippen LogP contribution in [-0.4, -0.2) is 54.3 Å². The second kappa shape index (κ2) is 9.19. The first-order valence-corrected chi connectivity index (χ1v) is 9.12. The van der Waals surface area contributed by atoms with Gasteiger partial charge in [0.1, 0.15) is 0 Å². The van der Waals surface area contributed by atoms with Crippen LogP contribution in [0, 0.1) is 0 Å². The topological polar surface area (TPSA) is 65.8 Å². The van der Waals surface area contributed by atoms with Crippen molar-refractivity contribution in [1.29, 1.82) is 0 Å². The van der Waals surface area contributed by atoms with Gasteiger partial charge in [-0.25, -0.2) is 0 Å². The Morgan fingerprint density at radius 2 is 2.15 bits per heavy atom. The Labute approximate surface area is 159 Å². The number of nitrogens with zero attached hydrogens (tertiary/aromatic N) is 2. The van der Waals surface area contributed by atoms with Crippen LogP contribution in [0.25, 0.3) is 6.08 Å². The zero-order chi connectivity index (χ0) is 19.1. The first-order chi connectivity index (χ1) is 13.1. The molecule has 1 saturated heterocycles. The Balaban J connectivity index is 1.56. The van der Waals surface area contributed by atoms with Crippen molar-refractivity contribution >= 4 is 17.9 Å². The van der Waals surface area contributed by atoms with Crippen LogP contribution in [0.5, 0.6) is 0 Å². The van der Waals surface area contributed by atoms with Gasteiger partial charge >= 0.3 is 0 Å². The lowest BCUT2D eigenvalue weighted by Gasteiger charge is -2.35. The largest absolute Gasteiger partial charge is 0.472 e. The summed E-state index contributed by atoms with van der Waals surface area (Å²) in [6.45, 7) is 2.41. The molecule has 0 aliphatic carbocycles. The predicted molar refractivity (Wildman–Crippen MR) is 104 cm³/mol. The fraction of sp³-hybridized carbons (Fsp3) is 0.333. The highest BCUT2D eigenvalue weighted by Crippen LogP contribution is 2.15. The molecule has 2 amide bonds. The number of likely N-dealkylation sites (N-methyl/N-ethyl adjacent to an activating group) is 1. The monoisotopic (exact) mass is 367 g/mol. The van der Waals surface area contributed by atoms with E-state index < -0.39 is 6.04 Å². The molecular formula is C21H25N3O3. The zero-order valence-electron chi connectivity index (χ0n) is 15.5. The predicted octanol–water partition coefficient (Wildman–Crippen LogP) is 2.14. The molecule has 6 heteroatoms. The third-order valence-electron chi connectivity index (χ3n) is 4.69. The molecule has 1 atom stereocenters. The number of hydrogen-bond acceptors (Lipinski definition) is 4. The summed E-state index contributed by atoms with van der Waals surface area (Å²) in [6, 6.07) is 11.4. The molecule has 1 fully saturated rings. The third kappa shape index (κ3) is 5.31. The maximum atomic E-state index is 12.6. The van der Waals surface area contributed by atoms with Gasteiger partial charge < -0.3 is 14.6 Å². The maximum Gasteiger partial charge on any atom is 0.237 e. The number of carbonyl (C=O) groups is 2. The Hall–Kier alpha value is -2.86. The molecule has 1 aromatic heterocycles. The number of piperazine rings is 1. The van der Waals surface area contributed by atoms with Gasteiger partial charge in [0.15, 0.2) is 0 Å². The number of rotatable bonds is 7. The molecule has 1 aliphatic heterocycles. The summed E-state index contributed by atoms with van der Waals surface area (Å²) in [5.74, 6) is -0.140. The van der Waals surface area contributed by atoms with Crippen LogP contribution < -0.4 is 5.32 Å². The van der Waals surface area contributed by atoms with Gasteiger partial charge in [-0.1, -0.05) is 42.5 Å². The van der Waals surface area contributed by atoms with Crippen LogP contribution in [0.4, 0.5) is 0 Å². The van der Waals surface area contributed by atoms with Gasteiger partial charge in [0.25, 0.3) is 0 Å². The minimum absolute atomic E-state index is 0.0491. The number of benzene rings is 1. The van der Waals surface area contributed by atoms with E-state index >= 15 is 0 Å². The number of hydrogen-bond donors (Lipinski definition) is 1. The Bertz CT molecular complexity index is 771. The molecule has 1 N–H and O–H groups in total. The molecule has 1 aromatic carbocycles. The fourth-order valence-electron chi connectivity index (χ4n) is 3.12. The Morgan fingerprint density at radius 1 is 1.33 bits per heavy atom. The van der Waals surface area contributed by atoms with Crippen LogP contribution in [-0.2, 0) is 16.1 Å². The van der Waals surface area contributed by atoms with E-state index in [1.54, 1.807) is 24.5 Å². The number of furan rings is 1. The van der Waals surface area contributed by atoms with E-state index in [1.807, 2.05) is 53.5 Å². The molecule has 3 rings (SSSR count). The number of amides is 2. The van der Waals surface area contributed by atoms with E-state index in [0.29, 0.717) is 26.2 Å². The molecule has 0 spiro atoms. The van der Waals surface area contributed by atoms with E-state index in [1.165, 1.54) is 0 Å². The number of carbonyl (C=O) groups excluding carboxylic acids is 2. The zero-order valence-corrected chi connectivity index (χ0v) is 15.5. The molecule has 0 radical (unpaired) electrons. The van der Waals surface area contributed by atoms with Crippen LogP contribution in [0.1, 0.15) is 17.5 Å². The van der Waals surface area contributed by atoms with E-state index in [4.69, 9.17) is 4.42 Å². The highest BCUT2D eigenvalue weighted by Gasteiger charge is 2.32. The lowest BCUT2D eigenvalue weighted by Crippen LogP contribution is -2.56. The number of nitrogens with one attached hydrogen (secondary N) is 1. The quantitative estimate of drug-likeness (QED) is 0.814. The molecule has 27 heavy (non-hydrogen) atoms. The fourth-order valence-corrected chi connectivity index (χ4v) is 3.12. The van der Waals surface area contributed by atoms with Crippen molar-refractivity contribution in [2.24, 2.45) is 0 Å². The SMILES string of the molecule is CN(C/C=C/c1ccccc1)C(=O)C[C@H]1C(=O)NCCN1Cc1ccoc1. The van der Waals surface area contributed by atoms with Crippen molar-refractivity contribution < 1.29 is 14.0 Å². The summed E-state index contributed by atoms with van der Waals surface area (Å²) in [7, 11) is 1.76. The summed E-state index contributed by atoms with van der Waals surface area (Å²) in [6.07, 6.45) is 7.40. The summed E-state index contributed by atoms with van der Waals surface area (Å²) < 4.78 is 5.11. The Kier molecular flexibility index (Phi) is 6.44. The molecule has 1 aliphatic rings. The summed E-state index contributed by atoms with van der Waals surface area (Å²) in [5.41, 5.74) is 2.09. The first kappa shape index (κ1) is 18.9. The van der Waals surface area contributed by atoms with Crippen molar-refractivity contribution in [2.75, 3.05) is 26.7 Å². The molecule has 0 unspecified atom stereocenters. The van der Waals surface area contributed by atoms with Gasteiger partial charge in [0.2, 0.25) is 11.8 Å². The van der Waals surface area contributed by atoms with Crippen LogP contribution >= 0.6 is 0 Å². The van der Waals surface area contributed by atoms with E-state index in [2.05, 4.69) is 5.32 Å². The van der Waals surface area contributed by atoms with Crippen molar-refractivity contribution in [3.63, 3.8) is 0 Å². The first-order valence-electron chi connectivity index (χ1n) is 9.12. The molecular weight excluding hydrogens is 342 g/mol. The van der Waals surface area contributed by atoms with Gasteiger partial charge in [-0.3, -0.25) is 14.5 Å². The van der Waals surface area contributed by atoms with Crippen molar-refractivity contribution in [1.82, 2.24) is 15.1 Å². The van der Waals surface area contributed by atoms with E-state index in [9.17, 15) is 9.59 Å². The Morgan fingerprint density at radius 3 is 2.89 bits per heavy atom. The third-order valence-corrected chi connectivity index (χ3v) is 4.69. The van der Waals surface area contributed by atoms with Gasteiger partial charge in [0, 0.05) is 38.8 Å². The summed E-state index contributed by atoms with van der Waals surface area (Å²) in [5, 5.41) is 2.86. The molecule has 0 saturated carbocycles. The van der Waals surface area contributed by atoms with Gasteiger partial charge in [-0.05, 0) is 11.6 Å². The summed E-state index contributed by atoms with van der Waals surface area (Å²) >= 11 is 0. The molecule has 2 aromatic rings. The minimum Gasteiger partial charge on any atom is -0.472 e. The second-order valence-electron chi connectivity index (χ2n) is 6.70. The summed E-state index contributed by atoms with van der Waals surface area (Å²) in [4.78, 5) is 28.6. The normalized spacial score (nSPS) is 17.8. The molecule has 142 valence electrons.